The Morgan fingerprint density at radius 3 is 2.82 bits per heavy atom. The van der Waals surface area contributed by atoms with Crippen LogP contribution in [0.15, 0.2) is 30.6 Å². The molecule has 0 bridgehead atoms. The number of aromatic nitrogens is 3. The van der Waals surface area contributed by atoms with Gasteiger partial charge in [-0.15, -0.1) is 0 Å². The summed E-state index contributed by atoms with van der Waals surface area (Å²) in [6.45, 7) is 0. The molecular weight excluding hydrogens is 218 g/mol. The van der Waals surface area contributed by atoms with E-state index < -0.39 is 0 Å². The van der Waals surface area contributed by atoms with Gasteiger partial charge in [0.25, 0.3) is 5.91 Å². The van der Waals surface area contributed by atoms with Gasteiger partial charge in [0.05, 0.1) is 5.69 Å². The first-order valence-electron chi connectivity index (χ1n) is 5.08. The third-order valence-corrected chi connectivity index (χ3v) is 2.25. The second kappa shape index (κ2) is 4.25. The monoisotopic (exact) mass is 231 g/mol. The molecule has 88 valence electrons. The SMILES string of the molecule is CN(C)C(=O)c1ccn(-c2ncccc2N)n1. The summed E-state index contributed by atoms with van der Waals surface area (Å²) in [7, 11) is 3.35. The average Bonchev–Trinajstić information content (AvgIpc) is 2.77. The summed E-state index contributed by atoms with van der Waals surface area (Å²) in [6, 6.07) is 5.11. The number of nitrogens with two attached hydrogens (primary N) is 1. The van der Waals surface area contributed by atoms with Crippen LogP contribution in [-0.4, -0.2) is 39.7 Å². The Hall–Kier alpha value is -2.37. The minimum Gasteiger partial charge on any atom is -0.396 e. The van der Waals surface area contributed by atoms with E-state index in [1.807, 2.05) is 0 Å². The summed E-state index contributed by atoms with van der Waals surface area (Å²) in [6.07, 6.45) is 3.29. The van der Waals surface area contributed by atoms with E-state index in [0.29, 0.717) is 17.2 Å². The first-order chi connectivity index (χ1) is 8.09. The van der Waals surface area contributed by atoms with Crippen molar-refractivity contribution in [2.45, 2.75) is 0 Å². The van der Waals surface area contributed by atoms with Crippen molar-refractivity contribution >= 4 is 11.6 Å². The molecule has 2 aromatic rings. The molecule has 0 fully saturated rings. The van der Waals surface area contributed by atoms with Crippen molar-refractivity contribution in [1.29, 1.82) is 0 Å². The Balaban J connectivity index is 2.37. The van der Waals surface area contributed by atoms with Crippen LogP contribution in [0.5, 0.6) is 0 Å². The Morgan fingerprint density at radius 2 is 2.18 bits per heavy atom. The molecule has 0 aliphatic heterocycles. The molecule has 0 saturated carbocycles. The smallest absolute Gasteiger partial charge is 0.273 e. The number of rotatable bonds is 2. The highest BCUT2D eigenvalue weighted by molar-refractivity contribution is 5.91. The molecule has 0 aromatic carbocycles. The molecule has 0 aliphatic carbocycles. The molecule has 0 aliphatic rings. The number of carbonyl (C=O) groups is 1. The van der Waals surface area contributed by atoms with Crippen molar-refractivity contribution in [1.82, 2.24) is 19.7 Å². The zero-order valence-corrected chi connectivity index (χ0v) is 9.66. The van der Waals surface area contributed by atoms with Gasteiger partial charge in [0, 0.05) is 26.5 Å². The molecule has 2 N–H and O–H groups in total. The molecule has 1 amide bonds. The van der Waals surface area contributed by atoms with E-state index in [1.54, 1.807) is 44.7 Å². The Labute approximate surface area is 98.7 Å². The van der Waals surface area contributed by atoms with E-state index in [4.69, 9.17) is 5.73 Å². The molecule has 2 aromatic heterocycles. The van der Waals surface area contributed by atoms with Crippen molar-refractivity contribution in [3.63, 3.8) is 0 Å². The quantitative estimate of drug-likeness (QED) is 0.818. The third kappa shape index (κ3) is 2.10. The summed E-state index contributed by atoms with van der Waals surface area (Å²) in [5.41, 5.74) is 6.65. The van der Waals surface area contributed by atoms with Gasteiger partial charge in [0.15, 0.2) is 11.5 Å². The van der Waals surface area contributed by atoms with E-state index in [0.717, 1.165) is 0 Å². The lowest BCUT2D eigenvalue weighted by atomic mass is 10.4. The number of pyridine rings is 1. The van der Waals surface area contributed by atoms with E-state index >= 15 is 0 Å². The number of amides is 1. The summed E-state index contributed by atoms with van der Waals surface area (Å²) in [4.78, 5) is 17.3. The third-order valence-electron chi connectivity index (χ3n) is 2.25. The van der Waals surface area contributed by atoms with Gasteiger partial charge in [-0.2, -0.15) is 5.10 Å². The molecular formula is C11H13N5O. The predicted molar refractivity (Wildman–Crippen MR) is 63.8 cm³/mol. The van der Waals surface area contributed by atoms with Crippen molar-refractivity contribution in [2.75, 3.05) is 19.8 Å². The van der Waals surface area contributed by atoms with Crippen LogP contribution < -0.4 is 5.73 Å². The van der Waals surface area contributed by atoms with Crippen LogP contribution in [0.2, 0.25) is 0 Å². The van der Waals surface area contributed by atoms with Crippen LogP contribution >= 0.6 is 0 Å². The minimum absolute atomic E-state index is 0.154. The zero-order chi connectivity index (χ0) is 12.4. The van der Waals surface area contributed by atoms with Gasteiger partial charge in [-0.05, 0) is 18.2 Å². The van der Waals surface area contributed by atoms with E-state index in [2.05, 4.69) is 10.1 Å². The maximum Gasteiger partial charge on any atom is 0.273 e. The minimum atomic E-state index is -0.154. The van der Waals surface area contributed by atoms with Crippen LogP contribution in [0.25, 0.3) is 5.82 Å². The van der Waals surface area contributed by atoms with Crippen LogP contribution in [0.4, 0.5) is 5.69 Å². The fraction of sp³-hybridized carbons (Fsp3) is 0.182. The van der Waals surface area contributed by atoms with E-state index in [1.165, 1.54) is 9.58 Å². The molecule has 2 rings (SSSR count). The first kappa shape index (κ1) is 11.1. The van der Waals surface area contributed by atoms with Crippen molar-refractivity contribution < 1.29 is 4.79 Å². The second-order valence-corrected chi connectivity index (χ2v) is 3.76. The molecule has 0 spiro atoms. The van der Waals surface area contributed by atoms with Gasteiger partial charge >= 0.3 is 0 Å². The molecule has 0 unspecified atom stereocenters. The highest BCUT2D eigenvalue weighted by Gasteiger charge is 2.13. The lowest BCUT2D eigenvalue weighted by molar-refractivity contribution is 0.0821. The largest absolute Gasteiger partial charge is 0.396 e. The number of nitrogens with zero attached hydrogens (tertiary/aromatic N) is 4. The summed E-state index contributed by atoms with van der Waals surface area (Å²) < 4.78 is 1.49. The van der Waals surface area contributed by atoms with Gasteiger partial charge in [-0.3, -0.25) is 4.79 Å². The van der Waals surface area contributed by atoms with E-state index in [-0.39, 0.29) is 5.91 Å². The highest BCUT2D eigenvalue weighted by atomic mass is 16.2. The van der Waals surface area contributed by atoms with Crippen molar-refractivity contribution in [3.05, 3.63) is 36.3 Å². The fourth-order valence-corrected chi connectivity index (χ4v) is 1.39. The normalized spacial score (nSPS) is 10.2. The fourth-order valence-electron chi connectivity index (χ4n) is 1.39. The van der Waals surface area contributed by atoms with Gasteiger partial charge < -0.3 is 10.6 Å². The number of nitrogen functional groups attached to an aromatic ring is 1. The van der Waals surface area contributed by atoms with Crippen LogP contribution in [0, 0.1) is 0 Å². The zero-order valence-electron chi connectivity index (χ0n) is 9.66. The van der Waals surface area contributed by atoms with Gasteiger partial charge in [-0.25, -0.2) is 9.67 Å². The highest BCUT2D eigenvalue weighted by Crippen LogP contribution is 2.12. The van der Waals surface area contributed by atoms with Crippen LogP contribution in [-0.2, 0) is 0 Å². The Morgan fingerprint density at radius 1 is 1.41 bits per heavy atom. The lowest BCUT2D eigenvalue weighted by Crippen LogP contribution is -2.22. The predicted octanol–water partition coefficient (Wildman–Crippen LogP) is 0.551. The molecule has 6 nitrogen and oxygen atoms in total. The molecule has 17 heavy (non-hydrogen) atoms. The number of hydrogen-bond donors (Lipinski definition) is 1. The summed E-state index contributed by atoms with van der Waals surface area (Å²) in [5, 5.41) is 4.15. The second-order valence-electron chi connectivity index (χ2n) is 3.76. The van der Waals surface area contributed by atoms with Gasteiger partial charge in [0.1, 0.15) is 0 Å². The maximum atomic E-state index is 11.7. The number of carbonyl (C=O) groups excluding carboxylic acids is 1. The summed E-state index contributed by atoms with van der Waals surface area (Å²) in [5.74, 6) is 0.364. The van der Waals surface area contributed by atoms with E-state index in [9.17, 15) is 4.79 Å². The Kier molecular flexibility index (Phi) is 2.78. The van der Waals surface area contributed by atoms with Crippen LogP contribution in [0.1, 0.15) is 10.5 Å². The van der Waals surface area contributed by atoms with Gasteiger partial charge in [-0.1, -0.05) is 0 Å². The van der Waals surface area contributed by atoms with Crippen LogP contribution in [0.3, 0.4) is 0 Å². The number of anilines is 1. The van der Waals surface area contributed by atoms with Gasteiger partial charge in [0.2, 0.25) is 0 Å². The molecule has 0 saturated heterocycles. The Bertz CT molecular complexity index is 546. The molecule has 0 atom stereocenters. The molecule has 6 heteroatoms. The lowest BCUT2D eigenvalue weighted by Gasteiger charge is -2.07. The molecule has 0 radical (unpaired) electrons. The summed E-state index contributed by atoms with van der Waals surface area (Å²) >= 11 is 0. The first-order valence-corrected chi connectivity index (χ1v) is 5.08. The average molecular weight is 231 g/mol. The maximum absolute atomic E-state index is 11.7. The van der Waals surface area contributed by atoms with Crippen molar-refractivity contribution in [2.24, 2.45) is 0 Å². The topological polar surface area (TPSA) is 77.0 Å². The standard InChI is InChI=1S/C11H13N5O/c1-15(2)11(17)9-5-7-16(14-9)10-8(12)4-3-6-13-10/h3-7H,12H2,1-2H3. The molecule has 2 heterocycles. The number of hydrogen-bond acceptors (Lipinski definition) is 4. The van der Waals surface area contributed by atoms with Crippen molar-refractivity contribution in [3.8, 4) is 5.82 Å².